The Hall–Kier alpha value is -0.510. The van der Waals surface area contributed by atoms with Crippen molar-refractivity contribution < 1.29 is 5.11 Å². The number of aliphatic hydroxyl groups is 1. The molecule has 1 aliphatic rings. The topological polar surface area (TPSA) is 32.3 Å². The maximum Gasteiger partial charge on any atom is 0.0585 e. The highest BCUT2D eigenvalue weighted by Gasteiger charge is 2.23. The summed E-state index contributed by atoms with van der Waals surface area (Å²) < 4.78 is 0. The summed E-state index contributed by atoms with van der Waals surface area (Å²) in [5, 5.41) is 12.8. The van der Waals surface area contributed by atoms with Gasteiger partial charge in [0.05, 0.1) is 6.61 Å². The van der Waals surface area contributed by atoms with Gasteiger partial charge in [-0.25, -0.2) is 0 Å². The van der Waals surface area contributed by atoms with E-state index < -0.39 is 0 Å². The molecule has 1 aromatic carbocycles. The van der Waals surface area contributed by atoms with E-state index in [1.165, 1.54) is 23.3 Å². The lowest BCUT2D eigenvalue weighted by molar-refractivity contribution is 0.239. The molecule has 2 nitrogen and oxygen atoms in total. The monoisotopic (exact) mass is 251 g/mol. The first-order chi connectivity index (χ1) is 8.29. The van der Waals surface area contributed by atoms with Gasteiger partial charge in [-0.1, -0.05) is 18.2 Å². The van der Waals surface area contributed by atoms with Crippen LogP contribution in [0.25, 0.3) is 0 Å². The molecular formula is C14H21NOS. The van der Waals surface area contributed by atoms with Crippen molar-refractivity contribution in [1.29, 1.82) is 0 Å². The van der Waals surface area contributed by atoms with E-state index in [4.69, 9.17) is 0 Å². The Morgan fingerprint density at radius 2 is 2.18 bits per heavy atom. The Morgan fingerprint density at radius 1 is 1.41 bits per heavy atom. The van der Waals surface area contributed by atoms with Crippen molar-refractivity contribution in [3.05, 3.63) is 29.8 Å². The van der Waals surface area contributed by atoms with Crippen LogP contribution in [0.2, 0.25) is 0 Å². The molecule has 0 radical (unpaired) electrons. The van der Waals surface area contributed by atoms with Crippen LogP contribution in [-0.4, -0.2) is 29.5 Å². The fourth-order valence-corrected chi connectivity index (χ4v) is 2.93. The average Bonchev–Trinajstić information content (AvgIpc) is 3.14. The molecule has 0 heterocycles. The highest BCUT2D eigenvalue weighted by molar-refractivity contribution is 7.99. The Labute approximate surface area is 108 Å². The quantitative estimate of drug-likeness (QED) is 0.731. The lowest BCUT2D eigenvalue weighted by Gasteiger charge is -2.15. The number of rotatable bonds is 7. The highest BCUT2D eigenvalue weighted by Crippen LogP contribution is 2.24. The fourth-order valence-electron chi connectivity index (χ4n) is 1.84. The van der Waals surface area contributed by atoms with Crippen molar-refractivity contribution in [3.8, 4) is 0 Å². The van der Waals surface area contributed by atoms with Crippen LogP contribution in [0.3, 0.4) is 0 Å². The zero-order chi connectivity index (χ0) is 12.1. The minimum Gasteiger partial charge on any atom is -0.395 e. The van der Waals surface area contributed by atoms with Crippen molar-refractivity contribution in [1.82, 2.24) is 5.32 Å². The fraction of sp³-hybridized carbons (Fsp3) is 0.571. The number of benzene rings is 1. The lowest BCUT2D eigenvalue weighted by atomic mass is 10.2. The standard InChI is InChI=1S/C14H21NOS/c1-11-4-2-3-5-14(11)17-9-8-13(10-16)15-12-6-7-12/h2-5,12-13,15-16H,6-10H2,1H3. The molecule has 0 saturated heterocycles. The zero-order valence-electron chi connectivity index (χ0n) is 10.4. The molecule has 1 unspecified atom stereocenters. The van der Waals surface area contributed by atoms with Crippen LogP contribution < -0.4 is 5.32 Å². The van der Waals surface area contributed by atoms with Gasteiger partial charge in [-0.15, -0.1) is 11.8 Å². The predicted octanol–water partition coefficient (Wildman–Crippen LogP) is 2.59. The SMILES string of the molecule is Cc1ccccc1SCCC(CO)NC1CC1. The summed E-state index contributed by atoms with van der Waals surface area (Å²) in [7, 11) is 0. The van der Waals surface area contributed by atoms with Gasteiger partial charge in [-0.3, -0.25) is 0 Å². The largest absolute Gasteiger partial charge is 0.395 e. The summed E-state index contributed by atoms with van der Waals surface area (Å²) in [5.74, 6) is 1.07. The summed E-state index contributed by atoms with van der Waals surface area (Å²) in [6.07, 6.45) is 3.59. The molecule has 0 amide bonds. The van der Waals surface area contributed by atoms with Crippen LogP contribution in [0.4, 0.5) is 0 Å². The second-order valence-corrected chi connectivity index (χ2v) is 5.86. The van der Waals surface area contributed by atoms with Gasteiger partial charge in [0.15, 0.2) is 0 Å². The molecule has 2 N–H and O–H groups in total. The van der Waals surface area contributed by atoms with Crippen LogP contribution >= 0.6 is 11.8 Å². The first-order valence-corrected chi connectivity index (χ1v) is 7.33. The molecule has 1 aliphatic carbocycles. The van der Waals surface area contributed by atoms with Crippen LogP contribution in [-0.2, 0) is 0 Å². The molecule has 2 rings (SSSR count). The van der Waals surface area contributed by atoms with Crippen LogP contribution in [0.5, 0.6) is 0 Å². The predicted molar refractivity (Wildman–Crippen MR) is 73.6 cm³/mol. The summed E-state index contributed by atoms with van der Waals surface area (Å²) in [5.41, 5.74) is 1.34. The normalized spacial score (nSPS) is 17.1. The van der Waals surface area contributed by atoms with Crippen LogP contribution in [0.15, 0.2) is 29.2 Å². The first kappa shape index (κ1) is 12.9. The molecule has 0 spiro atoms. The van der Waals surface area contributed by atoms with E-state index in [-0.39, 0.29) is 12.6 Å². The van der Waals surface area contributed by atoms with Gasteiger partial charge in [0.2, 0.25) is 0 Å². The first-order valence-electron chi connectivity index (χ1n) is 6.35. The van der Waals surface area contributed by atoms with Crippen molar-refractivity contribution in [3.63, 3.8) is 0 Å². The molecule has 94 valence electrons. The summed E-state index contributed by atoms with van der Waals surface area (Å²) in [6, 6.07) is 9.43. The maximum atomic E-state index is 9.28. The number of hydrogen-bond donors (Lipinski definition) is 2. The number of hydrogen-bond acceptors (Lipinski definition) is 3. The summed E-state index contributed by atoms with van der Waals surface area (Å²) in [4.78, 5) is 1.36. The van der Waals surface area contributed by atoms with Gasteiger partial charge in [0, 0.05) is 17.0 Å². The third-order valence-corrected chi connectivity index (χ3v) is 4.30. The lowest BCUT2D eigenvalue weighted by Crippen LogP contribution is -2.34. The highest BCUT2D eigenvalue weighted by atomic mass is 32.2. The smallest absolute Gasteiger partial charge is 0.0585 e. The number of nitrogens with one attached hydrogen (secondary N) is 1. The van der Waals surface area contributed by atoms with E-state index in [2.05, 4.69) is 36.5 Å². The van der Waals surface area contributed by atoms with Crippen molar-refractivity contribution in [2.45, 2.75) is 43.2 Å². The molecule has 1 saturated carbocycles. The number of aliphatic hydroxyl groups excluding tert-OH is 1. The molecule has 3 heteroatoms. The van der Waals surface area contributed by atoms with Crippen LogP contribution in [0.1, 0.15) is 24.8 Å². The van der Waals surface area contributed by atoms with E-state index >= 15 is 0 Å². The van der Waals surface area contributed by atoms with Crippen molar-refractivity contribution >= 4 is 11.8 Å². The van der Waals surface area contributed by atoms with E-state index in [0.717, 1.165) is 12.2 Å². The van der Waals surface area contributed by atoms with Gasteiger partial charge in [-0.05, 0) is 43.6 Å². The zero-order valence-corrected chi connectivity index (χ0v) is 11.2. The molecule has 0 bridgehead atoms. The van der Waals surface area contributed by atoms with Crippen molar-refractivity contribution in [2.24, 2.45) is 0 Å². The molecule has 17 heavy (non-hydrogen) atoms. The number of aryl methyl sites for hydroxylation is 1. The van der Waals surface area contributed by atoms with Gasteiger partial charge >= 0.3 is 0 Å². The van der Waals surface area contributed by atoms with Gasteiger partial charge in [-0.2, -0.15) is 0 Å². The Kier molecular flexibility index (Phi) is 4.89. The van der Waals surface area contributed by atoms with E-state index in [1.54, 1.807) is 0 Å². The molecule has 1 aromatic rings. The van der Waals surface area contributed by atoms with E-state index in [0.29, 0.717) is 6.04 Å². The van der Waals surface area contributed by atoms with E-state index in [1.807, 2.05) is 11.8 Å². The third-order valence-electron chi connectivity index (χ3n) is 3.09. The average molecular weight is 251 g/mol. The van der Waals surface area contributed by atoms with Crippen molar-refractivity contribution in [2.75, 3.05) is 12.4 Å². The molecule has 0 aliphatic heterocycles. The molecule has 0 aromatic heterocycles. The second kappa shape index (κ2) is 6.43. The molecule has 1 atom stereocenters. The third kappa shape index (κ3) is 4.34. The summed E-state index contributed by atoms with van der Waals surface area (Å²) in [6.45, 7) is 2.40. The molecule has 1 fully saturated rings. The Morgan fingerprint density at radius 3 is 2.82 bits per heavy atom. The second-order valence-electron chi connectivity index (χ2n) is 4.72. The van der Waals surface area contributed by atoms with Gasteiger partial charge < -0.3 is 10.4 Å². The van der Waals surface area contributed by atoms with Gasteiger partial charge in [0.1, 0.15) is 0 Å². The Bertz CT molecular complexity index is 352. The molecular weight excluding hydrogens is 230 g/mol. The minimum atomic E-state index is 0.255. The van der Waals surface area contributed by atoms with Crippen LogP contribution in [0, 0.1) is 6.92 Å². The Balaban J connectivity index is 1.72. The summed E-state index contributed by atoms with van der Waals surface area (Å²) >= 11 is 1.89. The van der Waals surface area contributed by atoms with Gasteiger partial charge in [0.25, 0.3) is 0 Å². The minimum absolute atomic E-state index is 0.255. The van der Waals surface area contributed by atoms with E-state index in [9.17, 15) is 5.11 Å². The number of thioether (sulfide) groups is 1. The maximum absolute atomic E-state index is 9.28.